The molecule has 0 atom stereocenters. The van der Waals surface area contributed by atoms with Crippen molar-refractivity contribution in [3.63, 3.8) is 0 Å². The normalized spacial score (nSPS) is 11.1. The predicted molar refractivity (Wildman–Crippen MR) is 159 cm³/mol. The summed E-state index contributed by atoms with van der Waals surface area (Å²) in [4.78, 5) is 0. The maximum absolute atomic E-state index is 8.23. The molecule has 7 nitrogen and oxygen atoms in total. The van der Waals surface area contributed by atoms with Gasteiger partial charge in [0, 0.05) is 34.2 Å². The first-order valence-electron chi connectivity index (χ1n) is 13.5. The molecule has 0 aliphatic heterocycles. The molecule has 0 amide bonds. The second-order valence-electron chi connectivity index (χ2n) is 10.2. The second-order valence-corrected chi connectivity index (χ2v) is 10.2. The van der Waals surface area contributed by atoms with Crippen molar-refractivity contribution in [2.75, 3.05) is 13.2 Å². The van der Waals surface area contributed by atoms with E-state index in [9.17, 15) is 0 Å². The lowest BCUT2D eigenvalue weighted by Gasteiger charge is -2.12. The standard InChI is InChI=1S/C32H38N4O3/c1-21(2)35-31(33)24-9-14-28(15-10-24)38-18-6-5-17-37-27-12-7-23(8-13-27)30-20-26-19-25(11-16-29(26)39-30)32(34)36-22(3)4/h7-16,19-22H,5-6,17-18H2,1-4H3,(H2,33,35)(H2,34,36). The first-order valence-corrected chi connectivity index (χ1v) is 13.5. The van der Waals surface area contributed by atoms with E-state index in [0.717, 1.165) is 57.8 Å². The van der Waals surface area contributed by atoms with Crippen LogP contribution in [0.15, 0.2) is 77.2 Å². The van der Waals surface area contributed by atoms with Crippen molar-refractivity contribution in [3.05, 3.63) is 83.9 Å². The van der Waals surface area contributed by atoms with Crippen LogP contribution >= 0.6 is 0 Å². The fourth-order valence-corrected chi connectivity index (χ4v) is 4.10. The lowest BCUT2D eigenvalue weighted by atomic mass is 10.1. The summed E-state index contributed by atoms with van der Waals surface area (Å²) in [7, 11) is 0. The van der Waals surface area contributed by atoms with Crippen LogP contribution in [-0.2, 0) is 0 Å². The number of hydrogen-bond donors (Lipinski definition) is 4. The van der Waals surface area contributed by atoms with Gasteiger partial charge in [0.2, 0.25) is 0 Å². The zero-order chi connectivity index (χ0) is 27.8. The molecule has 1 aromatic heterocycles. The molecule has 39 heavy (non-hydrogen) atoms. The molecule has 0 aliphatic rings. The van der Waals surface area contributed by atoms with Gasteiger partial charge in [0.15, 0.2) is 0 Å². The van der Waals surface area contributed by atoms with Gasteiger partial charge in [-0.15, -0.1) is 0 Å². The van der Waals surface area contributed by atoms with Crippen molar-refractivity contribution in [1.82, 2.24) is 10.6 Å². The lowest BCUT2D eigenvalue weighted by molar-refractivity contribution is 0.266. The number of nitrogens with one attached hydrogen (secondary N) is 4. The highest BCUT2D eigenvalue weighted by Gasteiger charge is 2.10. The number of fused-ring (bicyclic) bond motifs is 1. The van der Waals surface area contributed by atoms with Crippen LogP contribution in [0.1, 0.15) is 51.7 Å². The number of unbranched alkanes of at least 4 members (excludes halogenated alkanes) is 1. The van der Waals surface area contributed by atoms with Crippen LogP contribution in [0.2, 0.25) is 0 Å². The third-order valence-corrected chi connectivity index (χ3v) is 6.03. The average Bonchev–Trinajstić information content (AvgIpc) is 3.34. The van der Waals surface area contributed by atoms with Gasteiger partial charge in [0.1, 0.15) is 34.5 Å². The van der Waals surface area contributed by atoms with Crippen molar-refractivity contribution >= 4 is 22.6 Å². The summed E-state index contributed by atoms with van der Waals surface area (Å²) in [5.41, 5.74) is 3.46. The molecular weight excluding hydrogens is 488 g/mol. The molecule has 1 heterocycles. The highest BCUT2D eigenvalue weighted by molar-refractivity contribution is 6.00. The third kappa shape index (κ3) is 7.87. The molecule has 0 aliphatic carbocycles. The molecule has 4 rings (SSSR count). The van der Waals surface area contributed by atoms with E-state index in [1.54, 1.807) is 0 Å². The van der Waals surface area contributed by atoms with Crippen LogP contribution in [0.3, 0.4) is 0 Å². The lowest BCUT2D eigenvalue weighted by Crippen LogP contribution is -2.30. The minimum atomic E-state index is 0.209. The maximum Gasteiger partial charge on any atom is 0.135 e. The van der Waals surface area contributed by atoms with Crippen LogP contribution in [-0.4, -0.2) is 37.0 Å². The van der Waals surface area contributed by atoms with Crippen LogP contribution in [0.4, 0.5) is 0 Å². The van der Waals surface area contributed by atoms with E-state index in [1.807, 2.05) is 100 Å². The predicted octanol–water partition coefficient (Wildman–Crippen LogP) is 6.98. The van der Waals surface area contributed by atoms with Gasteiger partial charge in [0.05, 0.1) is 13.2 Å². The minimum absolute atomic E-state index is 0.209. The van der Waals surface area contributed by atoms with Gasteiger partial charge in [-0.3, -0.25) is 10.8 Å². The highest BCUT2D eigenvalue weighted by atomic mass is 16.5. The topological polar surface area (TPSA) is 103 Å². The molecule has 0 bridgehead atoms. The van der Waals surface area contributed by atoms with Gasteiger partial charge in [-0.1, -0.05) is 0 Å². The molecule has 0 spiro atoms. The number of benzene rings is 3. The quantitative estimate of drug-likeness (QED) is 0.0905. The molecule has 0 fully saturated rings. The molecule has 0 unspecified atom stereocenters. The van der Waals surface area contributed by atoms with E-state index in [4.69, 9.17) is 24.7 Å². The van der Waals surface area contributed by atoms with Gasteiger partial charge < -0.3 is 24.5 Å². The first-order chi connectivity index (χ1) is 18.8. The monoisotopic (exact) mass is 526 g/mol. The molecule has 0 radical (unpaired) electrons. The zero-order valence-electron chi connectivity index (χ0n) is 23.1. The van der Waals surface area contributed by atoms with E-state index in [1.165, 1.54) is 0 Å². The smallest absolute Gasteiger partial charge is 0.135 e. The summed E-state index contributed by atoms with van der Waals surface area (Å²) in [6, 6.07) is 23.8. The largest absolute Gasteiger partial charge is 0.494 e. The van der Waals surface area contributed by atoms with Crippen molar-refractivity contribution in [2.24, 2.45) is 0 Å². The summed E-state index contributed by atoms with van der Waals surface area (Å²) in [6.07, 6.45) is 1.77. The summed E-state index contributed by atoms with van der Waals surface area (Å²) >= 11 is 0. The minimum Gasteiger partial charge on any atom is -0.494 e. The van der Waals surface area contributed by atoms with E-state index >= 15 is 0 Å². The van der Waals surface area contributed by atoms with E-state index in [0.29, 0.717) is 24.9 Å². The molecule has 4 N–H and O–H groups in total. The summed E-state index contributed by atoms with van der Waals surface area (Å²) in [5, 5.41) is 23.5. The van der Waals surface area contributed by atoms with E-state index < -0.39 is 0 Å². The number of furan rings is 1. The Kier molecular flexibility index (Phi) is 9.26. The zero-order valence-corrected chi connectivity index (χ0v) is 23.1. The Balaban J connectivity index is 1.21. The SMILES string of the molecule is CC(C)NC(=N)c1ccc(OCCCCOc2ccc(-c3cc4cc(C(=N)NC(C)C)ccc4o3)cc2)cc1. The van der Waals surface area contributed by atoms with E-state index in [2.05, 4.69) is 10.6 Å². The number of ether oxygens (including phenoxy) is 2. The number of rotatable bonds is 12. The fourth-order valence-electron chi connectivity index (χ4n) is 4.10. The Morgan fingerprint density at radius 1 is 0.692 bits per heavy atom. The van der Waals surface area contributed by atoms with Gasteiger partial charge in [-0.25, -0.2) is 0 Å². The van der Waals surface area contributed by atoms with Crippen molar-refractivity contribution in [2.45, 2.75) is 52.6 Å². The fraction of sp³-hybridized carbons (Fsp3) is 0.312. The Morgan fingerprint density at radius 3 is 1.77 bits per heavy atom. The van der Waals surface area contributed by atoms with Crippen molar-refractivity contribution in [1.29, 1.82) is 10.8 Å². The molecule has 3 aromatic carbocycles. The summed E-state index contributed by atoms with van der Waals surface area (Å²) in [5.74, 6) is 3.24. The molecule has 4 aromatic rings. The van der Waals surface area contributed by atoms with Crippen LogP contribution in [0, 0.1) is 10.8 Å². The Hall–Kier alpha value is -4.26. The van der Waals surface area contributed by atoms with Gasteiger partial charge in [-0.05, 0) is 113 Å². The first kappa shape index (κ1) is 27.8. The number of hydrogen-bond acceptors (Lipinski definition) is 5. The van der Waals surface area contributed by atoms with E-state index in [-0.39, 0.29) is 12.1 Å². The maximum atomic E-state index is 8.23. The average molecular weight is 527 g/mol. The molecular formula is C32H38N4O3. The van der Waals surface area contributed by atoms with Crippen molar-refractivity contribution < 1.29 is 13.9 Å². The molecule has 0 saturated heterocycles. The Morgan fingerprint density at radius 2 is 1.21 bits per heavy atom. The van der Waals surface area contributed by atoms with Crippen LogP contribution in [0.25, 0.3) is 22.3 Å². The Labute approximate surface area is 230 Å². The summed E-state index contributed by atoms with van der Waals surface area (Å²) < 4.78 is 17.8. The third-order valence-electron chi connectivity index (χ3n) is 6.03. The summed E-state index contributed by atoms with van der Waals surface area (Å²) in [6.45, 7) is 9.31. The van der Waals surface area contributed by atoms with Gasteiger partial charge in [-0.2, -0.15) is 0 Å². The van der Waals surface area contributed by atoms with Crippen molar-refractivity contribution in [3.8, 4) is 22.8 Å². The van der Waals surface area contributed by atoms with Gasteiger partial charge >= 0.3 is 0 Å². The molecule has 204 valence electrons. The van der Waals surface area contributed by atoms with Gasteiger partial charge in [0.25, 0.3) is 0 Å². The van der Waals surface area contributed by atoms with Crippen LogP contribution < -0.4 is 20.1 Å². The van der Waals surface area contributed by atoms with Crippen LogP contribution in [0.5, 0.6) is 11.5 Å². The molecule has 0 saturated carbocycles. The molecule has 7 heteroatoms. The second kappa shape index (κ2) is 13.0. The Bertz CT molecular complexity index is 1390. The highest BCUT2D eigenvalue weighted by Crippen LogP contribution is 2.29. The number of amidine groups is 2.